The normalized spacial score (nSPS) is 13.9. The van der Waals surface area contributed by atoms with E-state index in [1.807, 2.05) is 18.2 Å². The van der Waals surface area contributed by atoms with E-state index in [9.17, 15) is 9.90 Å². The number of methoxy groups -OCH3 is 2. The van der Waals surface area contributed by atoms with Gasteiger partial charge in [-0.05, 0) is 74.4 Å². The van der Waals surface area contributed by atoms with Gasteiger partial charge in [0.15, 0.2) is 0 Å². The van der Waals surface area contributed by atoms with Crippen molar-refractivity contribution >= 4 is 17.2 Å². The molecule has 3 aromatic carbocycles. The fraction of sp³-hybridized carbons (Fsp3) is 0.250. The van der Waals surface area contributed by atoms with Crippen molar-refractivity contribution < 1.29 is 24.1 Å². The molecule has 4 rings (SSSR count). The lowest BCUT2D eigenvalue weighted by Crippen LogP contribution is -2.32. The molecule has 0 atom stereocenters. The van der Waals surface area contributed by atoms with Crippen LogP contribution < -0.4 is 14.8 Å². The second-order valence-electron chi connectivity index (χ2n) is 8.88. The molecule has 3 aromatic rings. The Hall–Kier alpha value is -3.93. The van der Waals surface area contributed by atoms with Crippen LogP contribution >= 0.6 is 0 Å². The summed E-state index contributed by atoms with van der Waals surface area (Å²) in [5, 5.41) is 13.5. The molecule has 0 radical (unpaired) electrons. The lowest BCUT2D eigenvalue weighted by Gasteiger charge is -2.33. The average Bonchev–Trinajstić information content (AvgIpc) is 2.81. The number of anilines is 1. The lowest BCUT2D eigenvalue weighted by molar-refractivity contribution is 0.0473. The van der Waals surface area contributed by atoms with Crippen molar-refractivity contribution in [3.8, 4) is 28.4 Å². The molecule has 0 aromatic heterocycles. The molecule has 0 unspecified atom stereocenters. The van der Waals surface area contributed by atoms with E-state index in [2.05, 4.69) is 32.2 Å². The molecule has 34 heavy (non-hydrogen) atoms. The molecule has 6 nitrogen and oxygen atoms in total. The molecule has 0 bridgehead atoms. The first-order valence-electron chi connectivity index (χ1n) is 11.0. The maximum absolute atomic E-state index is 12.8. The molecule has 0 fully saturated rings. The number of fused-ring (bicyclic) bond motifs is 1. The average molecular weight is 460 g/mol. The third-order valence-electron chi connectivity index (χ3n) is 5.89. The smallest absolute Gasteiger partial charge is 0.338 e. The zero-order chi connectivity index (χ0) is 24.5. The van der Waals surface area contributed by atoms with Crippen LogP contribution in [0.4, 0.5) is 5.69 Å². The van der Waals surface area contributed by atoms with Gasteiger partial charge >= 0.3 is 5.97 Å². The number of carbonyl (C=O) groups excluding carboxylic acids is 1. The van der Waals surface area contributed by atoms with Crippen molar-refractivity contribution in [2.75, 3.05) is 19.5 Å². The van der Waals surface area contributed by atoms with Gasteiger partial charge in [-0.2, -0.15) is 0 Å². The third kappa shape index (κ3) is 4.57. The molecular formula is C28H29NO5. The summed E-state index contributed by atoms with van der Waals surface area (Å²) in [6, 6.07) is 15.8. The molecule has 0 spiro atoms. The highest BCUT2D eigenvalue weighted by Crippen LogP contribution is 2.43. The molecular weight excluding hydrogens is 430 g/mol. The first-order chi connectivity index (χ1) is 16.2. The van der Waals surface area contributed by atoms with Crippen LogP contribution in [0.1, 0.15) is 42.3 Å². The fourth-order valence-corrected chi connectivity index (χ4v) is 4.45. The Bertz CT molecular complexity index is 1260. The minimum Gasteiger partial charge on any atom is -0.508 e. The van der Waals surface area contributed by atoms with Gasteiger partial charge in [-0.3, -0.25) is 0 Å². The Balaban J connectivity index is 1.78. The van der Waals surface area contributed by atoms with Crippen molar-refractivity contribution in [1.82, 2.24) is 0 Å². The number of aromatic hydroxyl groups is 1. The van der Waals surface area contributed by atoms with Crippen LogP contribution in [-0.4, -0.2) is 30.8 Å². The number of allylic oxidation sites excluding steroid dienone is 1. The number of carbonyl (C=O) groups is 1. The molecule has 6 heteroatoms. The fourth-order valence-electron chi connectivity index (χ4n) is 4.45. The van der Waals surface area contributed by atoms with Gasteiger partial charge in [0.05, 0.1) is 25.3 Å². The van der Waals surface area contributed by atoms with Gasteiger partial charge in [-0.25, -0.2) is 4.79 Å². The molecule has 1 heterocycles. The van der Waals surface area contributed by atoms with Crippen LogP contribution in [0.15, 0.2) is 60.7 Å². The van der Waals surface area contributed by atoms with Crippen molar-refractivity contribution in [3.05, 3.63) is 77.4 Å². The van der Waals surface area contributed by atoms with E-state index in [4.69, 9.17) is 14.2 Å². The first kappa shape index (κ1) is 23.2. The summed E-state index contributed by atoms with van der Waals surface area (Å²) in [4.78, 5) is 12.8. The standard InChI is InChI=1S/C28H29NO5/c1-17-15-28(2,3)29-24-13-12-21(22-11-8-19(30)14-25(22)33-5)23(26(17)24)16-34-27(31)18-6-9-20(32-4)10-7-18/h6-15,29-30H,16H2,1-5H3. The van der Waals surface area contributed by atoms with Gasteiger partial charge in [-0.1, -0.05) is 12.1 Å². The van der Waals surface area contributed by atoms with E-state index in [1.165, 1.54) is 0 Å². The number of ether oxygens (including phenoxy) is 3. The van der Waals surface area contributed by atoms with Gasteiger partial charge in [-0.15, -0.1) is 0 Å². The Morgan fingerprint density at radius 1 is 0.971 bits per heavy atom. The van der Waals surface area contributed by atoms with Gasteiger partial charge in [0.25, 0.3) is 0 Å². The molecule has 1 aliphatic heterocycles. The minimum atomic E-state index is -0.422. The summed E-state index contributed by atoms with van der Waals surface area (Å²) in [5.41, 5.74) is 5.83. The Kier molecular flexibility index (Phi) is 6.24. The summed E-state index contributed by atoms with van der Waals surface area (Å²) in [7, 11) is 3.14. The summed E-state index contributed by atoms with van der Waals surface area (Å²) >= 11 is 0. The third-order valence-corrected chi connectivity index (χ3v) is 5.89. The highest BCUT2D eigenvalue weighted by Gasteiger charge is 2.27. The van der Waals surface area contributed by atoms with Crippen molar-refractivity contribution in [1.29, 1.82) is 0 Å². The van der Waals surface area contributed by atoms with Gasteiger partial charge in [0, 0.05) is 28.4 Å². The maximum Gasteiger partial charge on any atom is 0.338 e. The van der Waals surface area contributed by atoms with Crippen LogP contribution in [0, 0.1) is 0 Å². The van der Waals surface area contributed by atoms with Crippen LogP contribution in [0.25, 0.3) is 16.7 Å². The number of esters is 1. The van der Waals surface area contributed by atoms with E-state index in [1.54, 1.807) is 50.6 Å². The summed E-state index contributed by atoms with van der Waals surface area (Å²) in [6.45, 7) is 6.36. The van der Waals surface area contributed by atoms with Crippen LogP contribution in [0.2, 0.25) is 0 Å². The van der Waals surface area contributed by atoms with Crippen LogP contribution in [0.5, 0.6) is 17.2 Å². The minimum absolute atomic E-state index is 0.0701. The monoisotopic (exact) mass is 459 g/mol. The molecule has 1 aliphatic rings. The number of phenolic OH excluding ortho intramolecular Hbond substituents is 1. The van der Waals surface area contributed by atoms with Gasteiger partial charge in [0.1, 0.15) is 23.9 Å². The van der Waals surface area contributed by atoms with E-state index in [0.717, 1.165) is 33.5 Å². The molecule has 0 aliphatic carbocycles. The second kappa shape index (κ2) is 9.14. The number of hydrogen-bond acceptors (Lipinski definition) is 6. The number of benzene rings is 3. The SMILES string of the molecule is COc1ccc(C(=O)OCc2c(-c3ccc(O)cc3OC)ccc3c2C(C)=CC(C)(C)N3)cc1. The predicted octanol–water partition coefficient (Wildman–Crippen LogP) is 6.04. The van der Waals surface area contributed by atoms with Gasteiger partial charge in [0.2, 0.25) is 0 Å². The van der Waals surface area contributed by atoms with Crippen LogP contribution in [0.3, 0.4) is 0 Å². The summed E-state index contributed by atoms with van der Waals surface area (Å²) in [5.74, 6) is 0.901. The Labute approximate surface area is 199 Å². The van der Waals surface area contributed by atoms with E-state index in [-0.39, 0.29) is 17.9 Å². The predicted molar refractivity (Wildman–Crippen MR) is 134 cm³/mol. The number of phenols is 1. The van der Waals surface area contributed by atoms with Crippen molar-refractivity contribution in [2.45, 2.75) is 32.9 Å². The zero-order valence-electron chi connectivity index (χ0n) is 20.1. The lowest BCUT2D eigenvalue weighted by atomic mass is 9.85. The highest BCUT2D eigenvalue weighted by molar-refractivity contribution is 5.91. The van der Waals surface area contributed by atoms with Crippen LogP contribution in [-0.2, 0) is 11.3 Å². The zero-order valence-corrected chi connectivity index (χ0v) is 20.1. The summed E-state index contributed by atoms with van der Waals surface area (Å²) in [6.07, 6.45) is 2.17. The Morgan fingerprint density at radius 3 is 2.35 bits per heavy atom. The van der Waals surface area contributed by atoms with E-state index >= 15 is 0 Å². The largest absolute Gasteiger partial charge is 0.508 e. The summed E-state index contributed by atoms with van der Waals surface area (Å²) < 4.78 is 16.5. The molecule has 0 saturated heterocycles. The van der Waals surface area contributed by atoms with E-state index in [0.29, 0.717) is 17.1 Å². The Morgan fingerprint density at radius 2 is 1.68 bits per heavy atom. The second-order valence-corrected chi connectivity index (χ2v) is 8.88. The quantitative estimate of drug-likeness (QED) is 0.438. The number of hydrogen-bond donors (Lipinski definition) is 2. The molecule has 0 amide bonds. The number of rotatable bonds is 6. The van der Waals surface area contributed by atoms with Crippen molar-refractivity contribution in [2.24, 2.45) is 0 Å². The van der Waals surface area contributed by atoms with Gasteiger partial charge < -0.3 is 24.6 Å². The first-order valence-corrected chi connectivity index (χ1v) is 11.0. The molecule has 2 N–H and O–H groups in total. The highest BCUT2D eigenvalue weighted by atomic mass is 16.5. The maximum atomic E-state index is 12.8. The number of nitrogens with one attached hydrogen (secondary N) is 1. The topological polar surface area (TPSA) is 77.0 Å². The molecule has 176 valence electrons. The van der Waals surface area contributed by atoms with E-state index < -0.39 is 5.97 Å². The van der Waals surface area contributed by atoms with Crippen molar-refractivity contribution in [3.63, 3.8) is 0 Å². The molecule has 0 saturated carbocycles.